The van der Waals surface area contributed by atoms with Crippen molar-refractivity contribution in [1.29, 1.82) is 5.26 Å². The van der Waals surface area contributed by atoms with Gasteiger partial charge in [0, 0.05) is 23.7 Å². The lowest BCUT2D eigenvalue weighted by atomic mass is 10.2. The Morgan fingerprint density at radius 2 is 2.04 bits per heavy atom. The molecule has 0 radical (unpaired) electrons. The van der Waals surface area contributed by atoms with E-state index in [1.165, 1.54) is 13.1 Å². The Bertz CT molecular complexity index is 840. The molecule has 0 aromatic heterocycles. The average molecular weight is 336 g/mol. The summed E-state index contributed by atoms with van der Waals surface area (Å²) in [5.74, 6) is -0.141. The first-order valence-corrected chi connectivity index (χ1v) is 7.40. The topological polar surface area (TPSA) is 104 Å². The maximum Gasteiger partial charge on any atom is 0.271 e. The molecular weight excluding hydrogens is 320 g/mol. The van der Waals surface area contributed by atoms with Crippen LogP contribution in [0.5, 0.6) is 5.75 Å². The van der Waals surface area contributed by atoms with Crippen LogP contribution in [0.2, 0.25) is 0 Å². The zero-order valence-electron chi connectivity index (χ0n) is 13.5. The van der Waals surface area contributed by atoms with Crippen LogP contribution in [0.15, 0.2) is 53.6 Å². The zero-order valence-corrected chi connectivity index (χ0v) is 13.5. The molecule has 0 aliphatic heterocycles. The number of nitrogens with zero attached hydrogens (tertiary/aromatic N) is 2. The maximum atomic E-state index is 12.1. The SMILES string of the molecule is CC(=O)Nc1cccc(C(=O)NN=Cc2ccccc2OCC#N)c1. The molecule has 0 aliphatic carbocycles. The van der Waals surface area contributed by atoms with Crippen LogP contribution in [-0.2, 0) is 4.79 Å². The fourth-order valence-electron chi connectivity index (χ4n) is 2.00. The minimum Gasteiger partial charge on any atom is -0.478 e. The summed E-state index contributed by atoms with van der Waals surface area (Å²) in [6.07, 6.45) is 1.43. The minimum atomic E-state index is -0.418. The highest BCUT2D eigenvalue weighted by Crippen LogP contribution is 2.15. The van der Waals surface area contributed by atoms with Crippen LogP contribution in [0.3, 0.4) is 0 Å². The predicted octanol–water partition coefficient (Wildman–Crippen LogP) is 2.31. The number of ether oxygens (including phenoxy) is 1. The number of anilines is 1. The third kappa shape index (κ3) is 5.48. The second kappa shape index (κ2) is 8.84. The van der Waals surface area contributed by atoms with E-state index < -0.39 is 5.91 Å². The molecule has 0 heterocycles. The van der Waals surface area contributed by atoms with E-state index in [4.69, 9.17) is 10.00 Å². The minimum absolute atomic E-state index is 0.0762. The molecular formula is C18H16N4O3. The van der Waals surface area contributed by atoms with Gasteiger partial charge in [-0.15, -0.1) is 0 Å². The molecule has 126 valence electrons. The van der Waals surface area contributed by atoms with Crippen LogP contribution >= 0.6 is 0 Å². The molecule has 0 atom stereocenters. The molecule has 0 bridgehead atoms. The van der Waals surface area contributed by atoms with E-state index in [0.717, 1.165) is 0 Å². The Morgan fingerprint density at radius 3 is 2.80 bits per heavy atom. The lowest BCUT2D eigenvalue weighted by Crippen LogP contribution is -2.18. The van der Waals surface area contributed by atoms with Crippen molar-refractivity contribution in [2.45, 2.75) is 6.92 Å². The molecule has 0 aliphatic rings. The molecule has 0 saturated heterocycles. The molecule has 0 unspecified atom stereocenters. The normalized spacial score (nSPS) is 10.1. The largest absolute Gasteiger partial charge is 0.478 e. The van der Waals surface area contributed by atoms with Gasteiger partial charge in [-0.2, -0.15) is 10.4 Å². The van der Waals surface area contributed by atoms with Gasteiger partial charge in [-0.25, -0.2) is 5.43 Å². The molecule has 0 spiro atoms. The van der Waals surface area contributed by atoms with E-state index >= 15 is 0 Å². The van der Waals surface area contributed by atoms with Crippen molar-refractivity contribution in [3.05, 3.63) is 59.7 Å². The van der Waals surface area contributed by atoms with Gasteiger partial charge in [-0.3, -0.25) is 9.59 Å². The van der Waals surface area contributed by atoms with E-state index in [2.05, 4.69) is 15.8 Å². The quantitative estimate of drug-likeness (QED) is 0.624. The first kappa shape index (κ1) is 17.7. The highest BCUT2D eigenvalue weighted by atomic mass is 16.5. The van der Waals surface area contributed by atoms with Crippen LogP contribution in [-0.4, -0.2) is 24.6 Å². The summed E-state index contributed by atoms with van der Waals surface area (Å²) in [6.45, 7) is 1.32. The Balaban J connectivity index is 2.04. The first-order valence-electron chi connectivity index (χ1n) is 7.40. The first-order chi connectivity index (χ1) is 12.1. The van der Waals surface area contributed by atoms with Gasteiger partial charge in [0.15, 0.2) is 6.61 Å². The van der Waals surface area contributed by atoms with Gasteiger partial charge in [0.1, 0.15) is 11.8 Å². The molecule has 0 fully saturated rings. The third-order valence-corrected chi connectivity index (χ3v) is 3.03. The van der Waals surface area contributed by atoms with Gasteiger partial charge in [-0.1, -0.05) is 18.2 Å². The summed E-state index contributed by atoms with van der Waals surface area (Å²) in [5.41, 5.74) is 3.92. The number of benzene rings is 2. The fraction of sp³-hybridized carbons (Fsp3) is 0.111. The number of nitriles is 1. The molecule has 2 rings (SSSR count). The summed E-state index contributed by atoms with van der Waals surface area (Å²) in [6, 6.07) is 15.4. The van der Waals surface area contributed by atoms with Crippen molar-refractivity contribution in [1.82, 2.24) is 5.43 Å². The van der Waals surface area contributed by atoms with Gasteiger partial charge in [-0.05, 0) is 30.3 Å². The van der Waals surface area contributed by atoms with Crippen LogP contribution in [0, 0.1) is 11.3 Å². The molecule has 2 amide bonds. The Labute approximate surface area is 144 Å². The molecule has 7 nitrogen and oxygen atoms in total. The van der Waals surface area contributed by atoms with E-state index in [1.54, 1.807) is 48.5 Å². The van der Waals surface area contributed by atoms with Crippen molar-refractivity contribution in [3.63, 3.8) is 0 Å². The highest BCUT2D eigenvalue weighted by molar-refractivity contribution is 5.97. The van der Waals surface area contributed by atoms with E-state index in [9.17, 15) is 9.59 Å². The third-order valence-electron chi connectivity index (χ3n) is 3.03. The molecule has 2 aromatic carbocycles. The van der Waals surface area contributed by atoms with Gasteiger partial charge in [0.2, 0.25) is 5.91 Å². The Hall–Kier alpha value is -3.66. The van der Waals surface area contributed by atoms with Gasteiger partial charge in [0.05, 0.1) is 6.21 Å². The predicted molar refractivity (Wildman–Crippen MR) is 93.4 cm³/mol. The summed E-state index contributed by atoms with van der Waals surface area (Å²) in [7, 11) is 0. The number of nitrogens with one attached hydrogen (secondary N) is 2. The summed E-state index contributed by atoms with van der Waals surface area (Å²) < 4.78 is 5.28. The van der Waals surface area contributed by atoms with Crippen LogP contribution in [0.4, 0.5) is 5.69 Å². The van der Waals surface area contributed by atoms with Crippen LogP contribution in [0.1, 0.15) is 22.8 Å². The molecule has 7 heteroatoms. The molecule has 0 saturated carbocycles. The highest BCUT2D eigenvalue weighted by Gasteiger charge is 2.06. The molecule has 2 N–H and O–H groups in total. The lowest BCUT2D eigenvalue weighted by Gasteiger charge is -2.06. The molecule has 2 aromatic rings. The van der Waals surface area contributed by atoms with Gasteiger partial charge in [0.25, 0.3) is 5.91 Å². The number of rotatable bonds is 6. The monoisotopic (exact) mass is 336 g/mol. The number of hydrogen-bond donors (Lipinski definition) is 2. The second-order valence-corrected chi connectivity index (χ2v) is 4.95. The average Bonchev–Trinajstić information content (AvgIpc) is 2.60. The molecule has 25 heavy (non-hydrogen) atoms. The number of carbonyl (C=O) groups excluding carboxylic acids is 2. The summed E-state index contributed by atoms with van der Waals surface area (Å²) in [5, 5.41) is 15.1. The van der Waals surface area contributed by atoms with E-state index in [0.29, 0.717) is 22.6 Å². The van der Waals surface area contributed by atoms with E-state index in [-0.39, 0.29) is 12.5 Å². The van der Waals surface area contributed by atoms with Crippen molar-refractivity contribution < 1.29 is 14.3 Å². The lowest BCUT2D eigenvalue weighted by molar-refractivity contribution is -0.114. The maximum absolute atomic E-state index is 12.1. The summed E-state index contributed by atoms with van der Waals surface area (Å²) >= 11 is 0. The van der Waals surface area contributed by atoms with Crippen molar-refractivity contribution >= 4 is 23.7 Å². The Morgan fingerprint density at radius 1 is 1.24 bits per heavy atom. The number of hydrogen-bond acceptors (Lipinski definition) is 5. The zero-order chi connectivity index (χ0) is 18.1. The van der Waals surface area contributed by atoms with Crippen molar-refractivity contribution in [3.8, 4) is 11.8 Å². The summed E-state index contributed by atoms with van der Waals surface area (Å²) in [4.78, 5) is 23.2. The van der Waals surface area contributed by atoms with Crippen molar-refractivity contribution in [2.75, 3.05) is 11.9 Å². The van der Waals surface area contributed by atoms with Crippen LogP contribution < -0.4 is 15.5 Å². The number of carbonyl (C=O) groups is 2. The fourth-order valence-corrected chi connectivity index (χ4v) is 2.00. The second-order valence-electron chi connectivity index (χ2n) is 4.95. The van der Waals surface area contributed by atoms with Gasteiger partial charge < -0.3 is 10.1 Å². The van der Waals surface area contributed by atoms with Crippen molar-refractivity contribution in [2.24, 2.45) is 5.10 Å². The van der Waals surface area contributed by atoms with Gasteiger partial charge >= 0.3 is 0 Å². The Kier molecular flexibility index (Phi) is 6.25. The smallest absolute Gasteiger partial charge is 0.271 e. The van der Waals surface area contributed by atoms with E-state index in [1.807, 2.05) is 6.07 Å². The number of para-hydroxylation sites is 1. The standard InChI is InChI=1S/C18H16N4O3/c1-13(23)21-16-7-4-6-14(11-16)18(24)22-20-12-15-5-2-3-8-17(15)25-10-9-19/h2-8,11-12H,10H2,1H3,(H,21,23)(H,22,24). The number of amides is 2. The van der Waals surface area contributed by atoms with Crippen LogP contribution in [0.25, 0.3) is 0 Å². The number of hydrazone groups is 1.